The molecule has 206 valence electrons. The third-order valence-electron chi connectivity index (χ3n) is 8.39. The van der Waals surface area contributed by atoms with Crippen LogP contribution in [-0.4, -0.2) is 86.3 Å². The van der Waals surface area contributed by atoms with Crippen molar-refractivity contribution in [1.82, 2.24) is 9.80 Å². The second kappa shape index (κ2) is 11.2. The van der Waals surface area contributed by atoms with Gasteiger partial charge in [0.2, 0.25) is 11.8 Å². The Balaban J connectivity index is 1.87. The van der Waals surface area contributed by atoms with Crippen LogP contribution in [0.25, 0.3) is 0 Å². The number of likely N-dealkylation sites (N-methyl/N-ethyl adjacent to an activating group) is 1. The summed E-state index contributed by atoms with van der Waals surface area (Å²) in [6.07, 6.45) is 4.47. The van der Waals surface area contributed by atoms with Crippen molar-refractivity contribution in [2.24, 2.45) is 11.8 Å². The Labute approximate surface area is 238 Å². The molecule has 0 saturated carbocycles. The van der Waals surface area contributed by atoms with Crippen LogP contribution in [0.2, 0.25) is 0 Å². The lowest BCUT2D eigenvalue weighted by molar-refractivity contribution is -0.144. The first-order chi connectivity index (χ1) is 18.1. The van der Waals surface area contributed by atoms with Crippen molar-refractivity contribution >= 4 is 51.1 Å². The molecule has 0 radical (unpaired) electrons. The average Bonchev–Trinajstić information content (AvgIpc) is 3.47. The predicted molar refractivity (Wildman–Crippen MR) is 157 cm³/mol. The zero-order valence-electron chi connectivity index (χ0n) is 22.6. The lowest BCUT2D eigenvalue weighted by atomic mass is 9.70. The highest BCUT2D eigenvalue weighted by Gasteiger charge is 2.76. The molecule has 1 spiro atoms. The molecule has 4 rings (SSSR count). The molecule has 0 aliphatic carbocycles. The number of fused-ring (bicyclic) bond motifs is 1. The van der Waals surface area contributed by atoms with Crippen LogP contribution in [0.5, 0.6) is 0 Å². The van der Waals surface area contributed by atoms with Gasteiger partial charge in [-0.3, -0.25) is 14.4 Å². The van der Waals surface area contributed by atoms with Gasteiger partial charge in [-0.25, -0.2) is 0 Å². The van der Waals surface area contributed by atoms with Gasteiger partial charge in [-0.2, -0.15) is 0 Å². The van der Waals surface area contributed by atoms with E-state index in [-0.39, 0.29) is 41.0 Å². The summed E-state index contributed by atoms with van der Waals surface area (Å²) in [6.45, 7) is 13.9. The quantitative estimate of drug-likeness (QED) is 0.326. The molecular formula is C29H38BrN3O4S. The SMILES string of the molecule is C=CCN(C)C(=O)[C@H]1[C@H]2C(=O)N([C@@H](CC)CO)C(C(=O)N(CC=C)c3c(C)cccc3C)C23CC(Br)[C@@H]1S3. The summed E-state index contributed by atoms with van der Waals surface area (Å²) in [5.41, 5.74) is 2.73. The molecule has 38 heavy (non-hydrogen) atoms. The van der Waals surface area contributed by atoms with Gasteiger partial charge >= 0.3 is 0 Å². The second-order valence-electron chi connectivity index (χ2n) is 10.6. The number of carbonyl (C=O) groups excluding carboxylic acids is 3. The van der Waals surface area contributed by atoms with Crippen LogP contribution in [0.3, 0.4) is 0 Å². The molecule has 1 N–H and O–H groups in total. The number of carbonyl (C=O) groups is 3. The minimum Gasteiger partial charge on any atom is -0.394 e. The van der Waals surface area contributed by atoms with E-state index in [4.69, 9.17) is 0 Å². The number of alkyl halides is 1. The number of amides is 3. The summed E-state index contributed by atoms with van der Waals surface area (Å²) in [5, 5.41) is 10.2. The first-order valence-electron chi connectivity index (χ1n) is 13.2. The van der Waals surface area contributed by atoms with Gasteiger partial charge in [0.05, 0.1) is 29.2 Å². The summed E-state index contributed by atoms with van der Waals surface area (Å²) in [4.78, 5) is 47.7. The minimum absolute atomic E-state index is 0.0138. The van der Waals surface area contributed by atoms with E-state index in [1.807, 2.05) is 39.0 Å². The summed E-state index contributed by atoms with van der Waals surface area (Å²) < 4.78 is -0.777. The maximum absolute atomic E-state index is 14.7. The van der Waals surface area contributed by atoms with Crippen LogP contribution < -0.4 is 4.90 Å². The molecule has 3 heterocycles. The van der Waals surface area contributed by atoms with Crippen LogP contribution in [0.4, 0.5) is 5.69 Å². The Morgan fingerprint density at radius 2 is 1.87 bits per heavy atom. The topological polar surface area (TPSA) is 81.2 Å². The number of anilines is 1. The molecule has 3 fully saturated rings. The van der Waals surface area contributed by atoms with Crippen molar-refractivity contribution in [3.8, 4) is 0 Å². The number of likely N-dealkylation sites (tertiary alicyclic amines) is 1. The average molecular weight is 605 g/mol. The summed E-state index contributed by atoms with van der Waals surface area (Å²) in [7, 11) is 1.73. The molecule has 3 amide bonds. The monoisotopic (exact) mass is 603 g/mol. The number of nitrogens with zero attached hydrogens (tertiary/aromatic N) is 3. The number of halogens is 1. The molecule has 3 aliphatic rings. The predicted octanol–water partition coefficient (Wildman–Crippen LogP) is 3.70. The molecule has 3 aliphatic heterocycles. The number of aliphatic hydroxyl groups excluding tert-OH is 1. The number of aliphatic hydroxyl groups is 1. The van der Waals surface area contributed by atoms with Crippen molar-refractivity contribution in [1.29, 1.82) is 0 Å². The summed E-state index contributed by atoms with van der Waals surface area (Å²) in [6, 6.07) is 4.58. The standard InChI is InChI=1S/C29H38BrN3O4S/c1-7-13-31(6)26(35)21-22-27(36)33(19(9-3)16-34)25(29(22)15-20(30)24(21)38-29)28(37)32(14-8-2)23-17(4)11-10-12-18(23)5/h7-8,10-12,19-22,24-25,34H,1-2,9,13-16H2,3-6H3/t19-,20?,21-,22-,24-,25?,29?/m0/s1. The third kappa shape index (κ3) is 4.34. The normalized spacial score (nSPS) is 30.2. The Kier molecular flexibility index (Phi) is 8.50. The van der Waals surface area contributed by atoms with E-state index in [1.54, 1.807) is 45.7 Å². The molecule has 3 saturated heterocycles. The maximum Gasteiger partial charge on any atom is 0.251 e. The van der Waals surface area contributed by atoms with Crippen molar-refractivity contribution in [3.05, 3.63) is 54.6 Å². The van der Waals surface area contributed by atoms with Gasteiger partial charge < -0.3 is 19.8 Å². The highest BCUT2D eigenvalue weighted by molar-refractivity contribution is 9.09. The first kappa shape index (κ1) is 28.9. The first-order valence-corrected chi connectivity index (χ1v) is 15.0. The highest BCUT2D eigenvalue weighted by atomic mass is 79.9. The number of hydrogen-bond acceptors (Lipinski definition) is 5. The Bertz CT molecular complexity index is 1120. The molecular weight excluding hydrogens is 566 g/mol. The lowest BCUT2D eigenvalue weighted by Crippen LogP contribution is -2.58. The molecule has 1 aromatic rings. The number of thioether (sulfide) groups is 1. The third-order valence-corrected chi connectivity index (χ3v) is 11.6. The fourth-order valence-electron chi connectivity index (χ4n) is 6.77. The van der Waals surface area contributed by atoms with Crippen LogP contribution in [0.15, 0.2) is 43.5 Å². The van der Waals surface area contributed by atoms with Crippen LogP contribution >= 0.6 is 27.7 Å². The van der Waals surface area contributed by atoms with Gasteiger partial charge in [0.25, 0.3) is 5.91 Å². The number of aryl methyl sites for hydroxylation is 2. The zero-order valence-corrected chi connectivity index (χ0v) is 25.0. The van der Waals surface area contributed by atoms with Crippen LogP contribution in [0.1, 0.15) is 30.9 Å². The van der Waals surface area contributed by atoms with Crippen molar-refractivity contribution < 1.29 is 19.5 Å². The number of benzene rings is 1. The number of rotatable bonds is 10. The van der Waals surface area contributed by atoms with E-state index >= 15 is 0 Å². The van der Waals surface area contributed by atoms with Gasteiger partial charge in [-0.15, -0.1) is 24.9 Å². The van der Waals surface area contributed by atoms with Gasteiger partial charge in [0.1, 0.15) is 6.04 Å². The Morgan fingerprint density at radius 1 is 1.24 bits per heavy atom. The molecule has 9 heteroatoms. The Morgan fingerprint density at radius 3 is 2.42 bits per heavy atom. The largest absolute Gasteiger partial charge is 0.394 e. The smallest absolute Gasteiger partial charge is 0.251 e. The van der Waals surface area contributed by atoms with E-state index in [2.05, 4.69) is 29.1 Å². The molecule has 3 unspecified atom stereocenters. The summed E-state index contributed by atoms with van der Waals surface area (Å²) >= 11 is 5.43. The fraction of sp³-hybridized carbons (Fsp3) is 0.552. The van der Waals surface area contributed by atoms with Crippen molar-refractivity contribution in [3.63, 3.8) is 0 Å². The van der Waals surface area contributed by atoms with Crippen LogP contribution in [0, 0.1) is 25.7 Å². The van der Waals surface area contributed by atoms with E-state index in [9.17, 15) is 19.5 Å². The summed E-state index contributed by atoms with van der Waals surface area (Å²) in [5.74, 6) is -1.69. The molecule has 7 atom stereocenters. The Hall–Kier alpha value is -2.10. The molecule has 1 aromatic carbocycles. The zero-order chi connectivity index (χ0) is 27.9. The lowest BCUT2D eigenvalue weighted by Gasteiger charge is -2.40. The molecule has 7 nitrogen and oxygen atoms in total. The molecule has 2 bridgehead atoms. The van der Waals surface area contributed by atoms with Gasteiger partial charge in [-0.05, 0) is 37.8 Å². The van der Waals surface area contributed by atoms with Crippen LogP contribution in [-0.2, 0) is 14.4 Å². The van der Waals surface area contributed by atoms with E-state index in [0.29, 0.717) is 19.4 Å². The van der Waals surface area contributed by atoms with E-state index < -0.39 is 28.7 Å². The molecule has 0 aromatic heterocycles. The minimum atomic E-state index is -0.811. The van der Waals surface area contributed by atoms with E-state index in [0.717, 1.165) is 16.8 Å². The van der Waals surface area contributed by atoms with Gasteiger partial charge in [0.15, 0.2) is 0 Å². The number of para-hydroxylation sites is 1. The highest BCUT2D eigenvalue weighted by Crippen LogP contribution is 2.68. The second-order valence-corrected chi connectivity index (χ2v) is 13.4. The van der Waals surface area contributed by atoms with Gasteiger partial charge in [0, 0.05) is 35.9 Å². The van der Waals surface area contributed by atoms with Crippen molar-refractivity contribution in [2.75, 3.05) is 31.6 Å². The van der Waals surface area contributed by atoms with Crippen molar-refractivity contribution in [2.45, 2.75) is 60.5 Å². The van der Waals surface area contributed by atoms with E-state index in [1.165, 1.54) is 0 Å². The number of hydrogen-bond donors (Lipinski definition) is 1. The fourth-order valence-corrected chi connectivity index (χ4v) is 10.4. The maximum atomic E-state index is 14.7. The van der Waals surface area contributed by atoms with Gasteiger partial charge in [-0.1, -0.05) is 53.2 Å².